The molecule has 1 aliphatic heterocycles. The molecule has 98 valence electrons. The van der Waals surface area contributed by atoms with Gasteiger partial charge in [-0.1, -0.05) is 13.0 Å². The second-order valence-electron chi connectivity index (χ2n) is 5.08. The highest BCUT2D eigenvalue weighted by molar-refractivity contribution is 5.94. The van der Waals surface area contributed by atoms with Gasteiger partial charge in [-0.3, -0.25) is 0 Å². The van der Waals surface area contributed by atoms with Crippen LogP contribution in [0.15, 0.2) is 18.2 Å². The van der Waals surface area contributed by atoms with E-state index in [0.29, 0.717) is 11.6 Å². The molecular weight excluding hydrogens is 226 g/mol. The van der Waals surface area contributed by atoms with E-state index in [1.54, 1.807) is 6.07 Å². The predicted octanol–water partition coefficient (Wildman–Crippen LogP) is 3.46. The summed E-state index contributed by atoms with van der Waals surface area (Å²) in [5.74, 6) is -0.828. The average molecular weight is 247 g/mol. The van der Waals surface area contributed by atoms with Crippen molar-refractivity contribution in [2.24, 2.45) is 0 Å². The number of benzene rings is 1. The van der Waals surface area contributed by atoms with E-state index in [0.717, 1.165) is 30.6 Å². The number of hydrogen-bond donors (Lipinski definition) is 1. The highest BCUT2D eigenvalue weighted by atomic mass is 16.4. The van der Waals surface area contributed by atoms with Gasteiger partial charge in [-0.15, -0.1) is 0 Å². The monoisotopic (exact) mass is 247 g/mol. The Kier molecular flexibility index (Phi) is 3.90. The lowest BCUT2D eigenvalue weighted by molar-refractivity contribution is 0.0697. The summed E-state index contributed by atoms with van der Waals surface area (Å²) in [6.07, 6.45) is 4.66. The lowest BCUT2D eigenvalue weighted by Gasteiger charge is -2.38. The van der Waals surface area contributed by atoms with E-state index in [1.807, 2.05) is 19.1 Å². The van der Waals surface area contributed by atoms with Gasteiger partial charge in [-0.2, -0.15) is 0 Å². The first-order valence-electron chi connectivity index (χ1n) is 6.74. The number of aromatic carboxylic acids is 1. The Bertz CT molecular complexity index is 442. The van der Waals surface area contributed by atoms with Gasteiger partial charge < -0.3 is 10.0 Å². The minimum absolute atomic E-state index is 0.431. The van der Waals surface area contributed by atoms with Gasteiger partial charge in [0, 0.05) is 12.6 Å². The molecule has 1 aromatic rings. The van der Waals surface area contributed by atoms with E-state index in [9.17, 15) is 9.90 Å². The zero-order valence-corrected chi connectivity index (χ0v) is 11.1. The van der Waals surface area contributed by atoms with Crippen LogP contribution in [0.2, 0.25) is 0 Å². The number of carboxylic acids is 1. The smallest absolute Gasteiger partial charge is 0.337 e. The number of anilines is 1. The van der Waals surface area contributed by atoms with Crippen molar-refractivity contribution in [2.75, 3.05) is 11.4 Å². The molecule has 0 radical (unpaired) electrons. The number of rotatable bonds is 3. The molecule has 1 saturated heterocycles. The van der Waals surface area contributed by atoms with Crippen LogP contribution >= 0.6 is 0 Å². The molecule has 1 unspecified atom stereocenters. The van der Waals surface area contributed by atoms with Gasteiger partial charge in [0.15, 0.2) is 0 Å². The Hall–Kier alpha value is -1.51. The van der Waals surface area contributed by atoms with Crippen LogP contribution in [0.25, 0.3) is 0 Å². The summed E-state index contributed by atoms with van der Waals surface area (Å²) < 4.78 is 0. The maximum atomic E-state index is 11.3. The van der Waals surface area contributed by atoms with Gasteiger partial charge in [0.2, 0.25) is 0 Å². The Morgan fingerprint density at radius 1 is 1.44 bits per heavy atom. The second kappa shape index (κ2) is 5.42. The van der Waals surface area contributed by atoms with Crippen molar-refractivity contribution in [3.05, 3.63) is 29.3 Å². The number of carboxylic acid groups (broad SMARTS) is 1. The molecule has 1 fully saturated rings. The topological polar surface area (TPSA) is 40.5 Å². The molecule has 0 spiro atoms. The van der Waals surface area contributed by atoms with E-state index in [-0.39, 0.29) is 0 Å². The molecule has 1 atom stereocenters. The van der Waals surface area contributed by atoms with E-state index < -0.39 is 5.97 Å². The number of hydrogen-bond acceptors (Lipinski definition) is 2. The van der Waals surface area contributed by atoms with Crippen LogP contribution in [0.4, 0.5) is 5.69 Å². The Balaban J connectivity index is 2.41. The molecule has 3 nitrogen and oxygen atoms in total. The second-order valence-corrected chi connectivity index (χ2v) is 5.08. The summed E-state index contributed by atoms with van der Waals surface area (Å²) in [5, 5.41) is 9.32. The largest absolute Gasteiger partial charge is 0.478 e. The lowest BCUT2D eigenvalue weighted by Crippen LogP contribution is -2.40. The zero-order valence-electron chi connectivity index (χ0n) is 11.1. The van der Waals surface area contributed by atoms with Gasteiger partial charge in [-0.05, 0) is 50.3 Å². The maximum absolute atomic E-state index is 11.3. The van der Waals surface area contributed by atoms with Gasteiger partial charge in [0.1, 0.15) is 0 Å². The first-order chi connectivity index (χ1) is 8.63. The molecule has 3 heteroatoms. The fourth-order valence-electron chi connectivity index (χ4n) is 2.80. The van der Waals surface area contributed by atoms with Crippen LogP contribution in [0.5, 0.6) is 0 Å². The molecule has 0 aromatic heterocycles. The fraction of sp³-hybridized carbons (Fsp3) is 0.533. The molecule has 1 N–H and O–H groups in total. The van der Waals surface area contributed by atoms with E-state index in [4.69, 9.17) is 0 Å². The predicted molar refractivity (Wildman–Crippen MR) is 73.4 cm³/mol. The van der Waals surface area contributed by atoms with Gasteiger partial charge >= 0.3 is 5.97 Å². The minimum Gasteiger partial charge on any atom is -0.478 e. The molecular formula is C15H21NO2. The molecule has 0 aliphatic carbocycles. The van der Waals surface area contributed by atoms with Crippen molar-refractivity contribution in [3.8, 4) is 0 Å². The van der Waals surface area contributed by atoms with Crippen LogP contribution in [0, 0.1) is 6.92 Å². The van der Waals surface area contributed by atoms with Crippen LogP contribution < -0.4 is 4.90 Å². The minimum atomic E-state index is -0.828. The maximum Gasteiger partial charge on any atom is 0.337 e. The highest BCUT2D eigenvalue weighted by Crippen LogP contribution is 2.30. The first kappa shape index (κ1) is 12.9. The number of carbonyl (C=O) groups is 1. The van der Waals surface area contributed by atoms with Crippen LogP contribution in [-0.2, 0) is 0 Å². The van der Waals surface area contributed by atoms with Crippen molar-refractivity contribution < 1.29 is 9.90 Å². The van der Waals surface area contributed by atoms with Crippen molar-refractivity contribution in [2.45, 2.75) is 45.6 Å². The van der Waals surface area contributed by atoms with Crippen LogP contribution in [-0.4, -0.2) is 23.7 Å². The Morgan fingerprint density at radius 2 is 2.22 bits per heavy atom. The van der Waals surface area contributed by atoms with Crippen LogP contribution in [0.1, 0.15) is 48.5 Å². The van der Waals surface area contributed by atoms with Gasteiger partial charge in [0.05, 0.1) is 11.3 Å². The van der Waals surface area contributed by atoms with Crippen LogP contribution in [0.3, 0.4) is 0 Å². The molecule has 18 heavy (non-hydrogen) atoms. The third-order valence-corrected chi connectivity index (χ3v) is 3.79. The van der Waals surface area contributed by atoms with Crippen molar-refractivity contribution in [1.82, 2.24) is 0 Å². The average Bonchev–Trinajstić information content (AvgIpc) is 2.38. The Morgan fingerprint density at radius 3 is 2.89 bits per heavy atom. The summed E-state index contributed by atoms with van der Waals surface area (Å²) in [6, 6.07) is 6.10. The Labute approximate surface area is 108 Å². The first-order valence-corrected chi connectivity index (χ1v) is 6.74. The van der Waals surface area contributed by atoms with Crippen molar-refractivity contribution >= 4 is 11.7 Å². The number of aryl methyl sites for hydroxylation is 1. The molecule has 1 heterocycles. The molecule has 1 aromatic carbocycles. The normalized spacial score (nSPS) is 19.9. The summed E-state index contributed by atoms with van der Waals surface area (Å²) in [4.78, 5) is 13.6. The number of nitrogens with zero attached hydrogens (tertiary/aromatic N) is 1. The molecule has 0 amide bonds. The van der Waals surface area contributed by atoms with Crippen molar-refractivity contribution in [3.63, 3.8) is 0 Å². The summed E-state index contributed by atoms with van der Waals surface area (Å²) in [7, 11) is 0. The molecule has 0 saturated carbocycles. The lowest BCUT2D eigenvalue weighted by atomic mass is 9.97. The standard InChI is InChI=1S/C15H21NO2/c1-3-12-6-4-5-9-16(12)14-10-11(2)7-8-13(14)15(17)18/h7-8,10,12H,3-6,9H2,1-2H3,(H,17,18). The highest BCUT2D eigenvalue weighted by Gasteiger charge is 2.24. The third-order valence-electron chi connectivity index (χ3n) is 3.79. The molecule has 2 rings (SSSR count). The van der Waals surface area contributed by atoms with E-state index in [2.05, 4.69) is 11.8 Å². The summed E-state index contributed by atoms with van der Waals surface area (Å²) in [5.41, 5.74) is 2.45. The van der Waals surface area contributed by atoms with E-state index in [1.165, 1.54) is 12.8 Å². The summed E-state index contributed by atoms with van der Waals surface area (Å²) >= 11 is 0. The van der Waals surface area contributed by atoms with E-state index >= 15 is 0 Å². The summed E-state index contributed by atoms with van der Waals surface area (Å²) in [6.45, 7) is 5.17. The third kappa shape index (κ3) is 2.50. The van der Waals surface area contributed by atoms with Gasteiger partial charge in [-0.25, -0.2) is 4.79 Å². The van der Waals surface area contributed by atoms with Crippen molar-refractivity contribution in [1.29, 1.82) is 0 Å². The number of piperidine rings is 1. The SMILES string of the molecule is CCC1CCCCN1c1cc(C)ccc1C(=O)O. The fourth-order valence-corrected chi connectivity index (χ4v) is 2.80. The zero-order chi connectivity index (χ0) is 13.1. The van der Waals surface area contributed by atoms with Gasteiger partial charge in [0.25, 0.3) is 0 Å². The quantitative estimate of drug-likeness (QED) is 0.889. The molecule has 0 bridgehead atoms. The molecule has 1 aliphatic rings.